The van der Waals surface area contributed by atoms with Crippen LogP contribution in [0.2, 0.25) is 5.02 Å². The molecule has 1 saturated carbocycles. The fourth-order valence-electron chi connectivity index (χ4n) is 4.80. The maximum Gasteiger partial charge on any atom is 0.295 e. The van der Waals surface area contributed by atoms with Crippen molar-refractivity contribution in [2.75, 3.05) is 13.7 Å². The molecule has 2 aromatic rings. The number of nitrogens with zero attached hydrogens (tertiary/aromatic N) is 1. The number of hydrogen-bond donors (Lipinski definition) is 1. The minimum atomic E-state index is -0.700. The van der Waals surface area contributed by atoms with Crippen LogP contribution in [0.15, 0.2) is 48.0 Å². The van der Waals surface area contributed by atoms with Gasteiger partial charge in [0.25, 0.3) is 11.7 Å². The second kappa shape index (κ2) is 9.87. The van der Waals surface area contributed by atoms with E-state index in [1.165, 1.54) is 0 Å². The van der Waals surface area contributed by atoms with E-state index < -0.39 is 17.7 Å². The number of methoxy groups -OCH3 is 1. The van der Waals surface area contributed by atoms with Gasteiger partial charge >= 0.3 is 0 Å². The number of likely N-dealkylation sites (tertiary alicyclic amines) is 1. The summed E-state index contributed by atoms with van der Waals surface area (Å²) in [7, 11) is 1.57. The van der Waals surface area contributed by atoms with Crippen LogP contribution in [0.4, 0.5) is 0 Å². The minimum Gasteiger partial charge on any atom is -0.507 e. The Bertz CT molecular complexity index is 1090. The molecule has 1 aliphatic carbocycles. The number of halogens is 1. The van der Waals surface area contributed by atoms with Crippen molar-refractivity contribution >= 4 is 29.1 Å². The van der Waals surface area contributed by atoms with Gasteiger partial charge in [0.1, 0.15) is 17.3 Å². The van der Waals surface area contributed by atoms with Gasteiger partial charge in [-0.05, 0) is 55.7 Å². The lowest BCUT2D eigenvalue weighted by Crippen LogP contribution is -2.40. The van der Waals surface area contributed by atoms with Crippen molar-refractivity contribution in [3.63, 3.8) is 0 Å². The molecular formula is C26H28ClNO5. The summed E-state index contributed by atoms with van der Waals surface area (Å²) in [6.45, 7) is 2.24. The molecule has 1 unspecified atom stereocenters. The van der Waals surface area contributed by atoms with E-state index in [0.29, 0.717) is 28.7 Å². The van der Waals surface area contributed by atoms with Crippen LogP contribution in [0.5, 0.6) is 11.5 Å². The molecule has 1 heterocycles. The van der Waals surface area contributed by atoms with E-state index in [9.17, 15) is 14.7 Å². The van der Waals surface area contributed by atoms with Crippen LogP contribution in [-0.4, -0.2) is 41.5 Å². The molecule has 1 saturated heterocycles. The highest BCUT2D eigenvalue weighted by atomic mass is 35.5. The van der Waals surface area contributed by atoms with Gasteiger partial charge in [-0.15, -0.1) is 0 Å². The second-order valence-corrected chi connectivity index (χ2v) is 8.76. The molecule has 0 aromatic heterocycles. The number of ketones is 1. The molecule has 2 aromatic carbocycles. The number of ether oxygens (including phenoxy) is 2. The fraction of sp³-hybridized carbons (Fsp3) is 0.385. The lowest BCUT2D eigenvalue weighted by Gasteiger charge is -2.35. The zero-order chi connectivity index (χ0) is 23.5. The number of carbonyl (C=O) groups is 2. The Hall–Kier alpha value is -2.99. The zero-order valence-corrected chi connectivity index (χ0v) is 19.6. The highest BCUT2D eigenvalue weighted by Crippen LogP contribution is 2.44. The van der Waals surface area contributed by atoms with E-state index in [2.05, 4.69) is 0 Å². The van der Waals surface area contributed by atoms with E-state index in [4.69, 9.17) is 21.1 Å². The topological polar surface area (TPSA) is 76.1 Å². The predicted molar refractivity (Wildman–Crippen MR) is 127 cm³/mol. The van der Waals surface area contributed by atoms with Gasteiger partial charge in [-0.1, -0.05) is 43.0 Å². The van der Waals surface area contributed by atoms with Gasteiger partial charge in [0.05, 0.1) is 30.4 Å². The van der Waals surface area contributed by atoms with Crippen LogP contribution in [0.1, 0.15) is 56.2 Å². The molecule has 174 valence electrons. The van der Waals surface area contributed by atoms with Crippen molar-refractivity contribution in [3.05, 3.63) is 64.2 Å². The van der Waals surface area contributed by atoms with Crippen LogP contribution in [0, 0.1) is 0 Å². The Balaban J connectivity index is 1.87. The van der Waals surface area contributed by atoms with Crippen molar-refractivity contribution < 1.29 is 24.2 Å². The lowest BCUT2D eigenvalue weighted by molar-refractivity contribution is -0.141. The highest BCUT2D eigenvalue weighted by Gasteiger charge is 2.49. The number of carbonyl (C=O) groups excluding carboxylic acids is 2. The first kappa shape index (κ1) is 23.2. The molecule has 2 fully saturated rings. The van der Waals surface area contributed by atoms with E-state index in [1.54, 1.807) is 30.2 Å². The van der Waals surface area contributed by atoms with Gasteiger partial charge in [0.2, 0.25) is 0 Å². The summed E-state index contributed by atoms with van der Waals surface area (Å²) in [5.74, 6) is -0.472. The Morgan fingerprint density at radius 3 is 2.58 bits per heavy atom. The molecule has 0 bridgehead atoms. The molecule has 0 radical (unpaired) electrons. The Labute approximate surface area is 198 Å². The number of aliphatic hydroxyl groups excluding tert-OH is 1. The van der Waals surface area contributed by atoms with Crippen molar-refractivity contribution in [2.24, 2.45) is 0 Å². The van der Waals surface area contributed by atoms with Crippen LogP contribution in [0.3, 0.4) is 0 Å². The normalized spacial score (nSPS) is 20.8. The van der Waals surface area contributed by atoms with Crippen LogP contribution >= 0.6 is 11.6 Å². The van der Waals surface area contributed by atoms with E-state index in [-0.39, 0.29) is 17.4 Å². The van der Waals surface area contributed by atoms with Gasteiger partial charge in [0.15, 0.2) is 0 Å². The summed E-state index contributed by atoms with van der Waals surface area (Å²) >= 11 is 6.21. The van der Waals surface area contributed by atoms with Gasteiger partial charge in [-0.2, -0.15) is 0 Å². The monoisotopic (exact) mass is 469 g/mol. The summed E-state index contributed by atoms with van der Waals surface area (Å²) in [6, 6.07) is 11.4. The zero-order valence-electron chi connectivity index (χ0n) is 18.8. The van der Waals surface area contributed by atoms with Crippen molar-refractivity contribution in [1.82, 2.24) is 4.90 Å². The second-order valence-electron chi connectivity index (χ2n) is 8.35. The largest absolute Gasteiger partial charge is 0.507 e. The molecule has 1 amide bonds. The SMILES string of the molecule is CCOc1cc(/C(O)=C2/C(=O)C(=O)N(C3CCCCC3)C2c2cccc(OC)c2)ccc1Cl. The molecule has 1 atom stereocenters. The summed E-state index contributed by atoms with van der Waals surface area (Å²) in [5.41, 5.74) is 1.17. The first-order chi connectivity index (χ1) is 16.0. The highest BCUT2D eigenvalue weighted by molar-refractivity contribution is 6.46. The Kier molecular flexibility index (Phi) is 6.94. The minimum absolute atomic E-state index is 0.0547. The van der Waals surface area contributed by atoms with Gasteiger partial charge in [-0.25, -0.2) is 0 Å². The molecule has 33 heavy (non-hydrogen) atoms. The van der Waals surface area contributed by atoms with Crippen molar-refractivity contribution in [1.29, 1.82) is 0 Å². The van der Waals surface area contributed by atoms with Crippen LogP contribution < -0.4 is 9.47 Å². The molecule has 6 nitrogen and oxygen atoms in total. The number of hydrogen-bond acceptors (Lipinski definition) is 5. The first-order valence-corrected chi connectivity index (χ1v) is 11.7. The van der Waals surface area contributed by atoms with E-state index in [0.717, 1.165) is 37.7 Å². The predicted octanol–water partition coefficient (Wildman–Crippen LogP) is 5.50. The quantitative estimate of drug-likeness (QED) is 0.343. The number of Topliss-reactive ketones (excluding diaryl/α,β-unsaturated/α-hetero) is 1. The van der Waals surface area contributed by atoms with Crippen LogP contribution in [0.25, 0.3) is 5.76 Å². The molecule has 1 N–H and O–H groups in total. The molecular weight excluding hydrogens is 442 g/mol. The summed E-state index contributed by atoms with van der Waals surface area (Å²) < 4.78 is 10.9. The van der Waals surface area contributed by atoms with E-state index >= 15 is 0 Å². The fourth-order valence-corrected chi connectivity index (χ4v) is 4.97. The smallest absolute Gasteiger partial charge is 0.295 e. The summed E-state index contributed by atoms with van der Waals surface area (Å²) in [4.78, 5) is 28.2. The van der Waals surface area contributed by atoms with Gasteiger partial charge < -0.3 is 19.5 Å². The number of aliphatic hydroxyl groups is 1. The summed E-state index contributed by atoms with van der Waals surface area (Å²) in [5, 5.41) is 11.7. The van der Waals surface area contributed by atoms with Crippen molar-refractivity contribution in [2.45, 2.75) is 51.1 Å². The van der Waals surface area contributed by atoms with Crippen LogP contribution in [-0.2, 0) is 9.59 Å². The molecule has 0 spiro atoms. The molecule has 4 rings (SSSR count). The van der Waals surface area contributed by atoms with Crippen molar-refractivity contribution in [3.8, 4) is 11.5 Å². The Morgan fingerprint density at radius 1 is 1.12 bits per heavy atom. The third kappa shape index (κ3) is 4.44. The first-order valence-electron chi connectivity index (χ1n) is 11.3. The molecule has 7 heteroatoms. The molecule has 2 aliphatic rings. The Morgan fingerprint density at radius 2 is 1.88 bits per heavy atom. The van der Waals surface area contributed by atoms with Gasteiger partial charge in [0, 0.05) is 11.6 Å². The lowest BCUT2D eigenvalue weighted by atomic mass is 9.91. The maximum atomic E-state index is 13.3. The van der Waals surface area contributed by atoms with Gasteiger partial charge in [-0.3, -0.25) is 9.59 Å². The third-order valence-electron chi connectivity index (χ3n) is 6.36. The molecule has 1 aliphatic heterocycles. The average molecular weight is 470 g/mol. The summed E-state index contributed by atoms with van der Waals surface area (Å²) in [6.07, 6.45) is 4.81. The van der Waals surface area contributed by atoms with E-state index in [1.807, 2.05) is 31.2 Å². The number of rotatable bonds is 6. The third-order valence-corrected chi connectivity index (χ3v) is 6.67. The maximum absolute atomic E-state index is 13.3. The number of amides is 1. The standard InChI is InChI=1S/C26H28ClNO5/c1-3-33-21-15-17(12-13-20(21)27)24(29)22-23(16-8-7-11-19(14-16)32-2)28(26(31)25(22)30)18-9-5-4-6-10-18/h7-8,11-15,18,23,29H,3-6,9-10H2,1-2H3/b24-22-. The average Bonchev–Trinajstić information content (AvgIpc) is 3.11. The number of benzene rings is 2.